The van der Waals surface area contributed by atoms with Gasteiger partial charge in [0.15, 0.2) is 0 Å². The molecule has 1 unspecified atom stereocenters. The molecule has 1 atom stereocenters. The minimum atomic E-state index is -1.44. The average molecular weight is 350 g/mol. The van der Waals surface area contributed by atoms with Gasteiger partial charge in [-0.3, -0.25) is 14.9 Å². The number of rotatable bonds is 6. The number of carbonyl (C=O) groups excluding carboxylic acids is 1. The van der Waals surface area contributed by atoms with Gasteiger partial charge >= 0.3 is 4.95 Å². The fourth-order valence-electron chi connectivity index (χ4n) is 1.71. The third-order valence-electron chi connectivity index (χ3n) is 2.77. The van der Waals surface area contributed by atoms with Crippen molar-refractivity contribution in [2.75, 3.05) is 0 Å². The SMILES string of the molecule is O=C(c1cccc(OCc2ccccc2)c1)C(Br)[N+](=O)[O-]. The lowest BCUT2D eigenvalue weighted by atomic mass is 10.1. The van der Waals surface area contributed by atoms with Gasteiger partial charge in [0.05, 0.1) is 0 Å². The first-order valence-corrected chi connectivity index (χ1v) is 7.08. The predicted molar refractivity (Wildman–Crippen MR) is 81.3 cm³/mol. The first kappa shape index (κ1) is 15.2. The molecule has 0 heterocycles. The van der Waals surface area contributed by atoms with E-state index in [1.807, 2.05) is 30.3 Å². The molecule has 2 rings (SSSR count). The number of nitrogens with zero attached hydrogens (tertiary/aromatic N) is 1. The molecule has 0 bridgehead atoms. The number of hydrogen-bond donors (Lipinski definition) is 0. The molecule has 0 saturated carbocycles. The number of ether oxygens (including phenoxy) is 1. The van der Waals surface area contributed by atoms with E-state index in [-0.39, 0.29) is 5.56 Å². The zero-order valence-electron chi connectivity index (χ0n) is 10.9. The molecule has 0 saturated heterocycles. The van der Waals surface area contributed by atoms with Crippen molar-refractivity contribution in [1.82, 2.24) is 0 Å². The van der Waals surface area contributed by atoms with Crippen LogP contribution in [0.4, 0.5) is 0 Å². The normalized spacial score (nSPS) is 11.7. The van der Waals surface area contributed by atoms with Crippen LogP contribution in [0.5, 0.6) is 5.75 Å². The van der Waals surface area contributed by atoms with Crippen molar-refractivity contribution in [2.45, 2.75) is 11.6 Å². The molecule has 0 radical (unpaired) electrons. The molecule has 6 heteroatoms. The van der Waals surface area contributed by atoms with Crippen LogP contribution in [0.15, 0.2) is 54.6 Å². The number of hydrogen-bond acceptors (Lipinski definition) is 4. The van der Waals surface area contributed by atoms with Crippen LogP contribution >= 0.6 is 15.9 Å². The minimum absolute atomic E-state index is 0.235. The summed E-state index contributed by atoms with van der Waals surface area (Å²) in [7, 11) is 0. The highest BCUT2D eigenvalue weighted by atomic mass is 79.9. The Morgan fingerprint density at radius 1 is 1.19 bits per heavy atom. The van der Waals surface area contributed by atoms with E-state index in [1.54, 1.807) is 12.1 Å². The van der Waals surface area contributed by atoms with Crippen LogP contribution < -0.4 is 4.74 Å². The van der Waals surface area contributed by atoms with Crippen LogP contribution in [0.1, 0.15) is 15.9 Å². The van der Waals surface area contributed by atoms with E-state index in [4.69, 9.17) is 4.74 Å². The van der Waals surface area contributed by atoms with Gasteiger partial charge in [0.1, 0.15) is 12.4 Å². The lowest BCUT2D eigenvalue weighted by molar-refractivity contribution is -0.477. The van der Waals surface area contributed by atoms with E-state index in [0.29, 0.717) is 12.4 Å². The second-order valence-corrected chi connectivity index (χ2v) is 5.15. The maximum atomic E-state index is 11.9. The van der Waals surface area contributed by atoms with Crippen molar-refractivity contribution in [2.24, 2.45) is 0 Å². The third kappa shape index (κ3) is 4.13. The van der Waals surface area contributed by atoms with Gasteiger partial charge in [-0.15, -0.1) is 0 Å². The van der Waals surface area contributed by atoms with Crippen molar-refractivity contribution in [3.63, 3.8) is 0 Å². The number of nitro groups is 1. The van der Waals surface area contributed by atoms with E-state index in [9.17, 15) is 14.9 Å². The van der Waals surface area contributed by atoms with E-state index < -0.39 is 15.7 Å². The molecule has 0 amide bonds. The number of ketones is 1. The minimum Gasteiger partial charge on any atom is -0.489 e. The number of halogens is 1. The molecular formula is C15H12BrNO4. The number of Topliss-reactive ketones (excluding diaryl/α,β-unsaturated/α-hetero) is 1. The zero-order valence-corrected chi connectivity index (χ0v) is 12.5. The fourth-order valence-corrected chi connectivity index (χ4v) is 1.98. The predicted octanol–water partition coefficient (Wildman–Crippen LogP) is 3.45. The molecule has 0 aliphatic carbocycles. The Balaban J connectivity index is 2.07. The summed E-state index contributed by atoms with van der Waals surface area (Å²) < 4.78 is 5.59. The number of alkyl halides is 1. The van der Waals surface area contributed by atoms with Gasteiger partial charge in [0.2, 0.25) is 5.78 Å². The lowest BCUT2D eigenvalue weighted by Crippen LogP contribution is -2.22. The molecule has 2 aromatic carbocycles. The summed E-state index contributed by atoms with van der Waals surface area (Å²) in [6, 6.07) is 15.9. The Hall–Kier alpha value is -2.21. The topological polar surface area (TPSA) is 69.4 Å². The van der Waals surface area contributed by atoms with Crippen molar-refractivity contribution in [3.8, 4) is 5.75 Å². The lowest BCUT2D eigenvalue weighted by Gasteiger charge is -2.08. The summed E-state index contributed by atoms with van der Waals surface area (Å²) in [6.45, 7) is 0.367. The van der Waals surface area contributed by atoms with Crippen LogP contribution in [0.2, 0.25) is 0 Å². The first-order chi connectivity index (χ1) is 10.1. The van der Waals surface area contributed by atoms with Gasteiger partial charge in [-0.1, -0.05) is 42.5 Å². The average Bonchev–Trinajstić information content (AvgIpc) is 2.52. The molecule has 0 spiro atoms. The Morgan fingerprint density at radius 2 is 1.90 bits per heavy atom. The highest BCUT2D eigenvalue weighted by Crippen LogP contribution is 2.18. The van der Waals surface area contributed by atoms with Crippen LogP contribution in [0.25, 0.3) is 0 Å². The number of benzene rings is 2. The molecule has 5 nitrogen and oxygen atoms in total. The molecule has 2 aromatic rings. The molecule has 21 heavy (non-hydrogen) atoms. The van der Waals surface area contributed by atoms with E-state index in [1.165, 1.54) is 12.1 Å². The molecule has 0 fully saturated rings. The Labute approximate surface area is 129 Å². The van der Waals surface area contributed by atoms with Gasteiger partial charge in [-0.05, 0) is 17.7 Å². The summed E-state index contributed by atoms with van der Waals surface area (Å²) in [4.78, 5) is 20.4. The summed E-state index contributed by atoms with van der Waals surface area (Å²) in [5.41, 5.74) is 1.23. The quantitative estimate of drug-likeness (QED) is 0.263. The van der Waals surface area contributed by atoms with Crippen LogP contribution in [0.3, 0.4) is 0 Å². The van der Waals surface area contributed by atoms with Crippen molar-refractivity contribution < 1.29 is 14.5 Å². The summed E-state index contributed by atoms with van der Waals surface area (Å²) >= 11 is 2.76. The van der Waals surface area contributed by atoms with Gasteiger partial charge in [-0.2, -0.15) is 0 Å². The fraction of sp³-hybridized carbons (Fsp3) is 0.133. The van der Waals surface area contributed by atoms with Crippen LogP contribution in [-0.4, -0.2) is 15.7 Å². The highest BCUT2D eigenvalue weighted by Gasteiger charge is 2.27. The van der Waals surface area contributed by atoms with Crippen LogP contribution in [0, 0.1) is 10.1 Å². The zero-order chi connectivity index (χ0) is 15.2. The molecule has 108 valence electrons. The molecule has 0 aromatic heterocycles. The van der Waals surface area contributed by atoms with Gasteiger partial charge in [0.25, 0.3) is 0 Å². The van der Waals surface area contributed by atoms with Gasteiger partial charge in [-0.25, -0.2) is 0 Å². The maximum Gasteiger partial charge on any atom is 0.327 e. The monoisotopic (exact) mass is 349 g/mol. The Bertz CT molecular complexity index is 645. The summed E-state index contributed by atoms with van der Waals surface area (Å²) in [5, 5.41) is 10.6. The Morgan fingerprint density at radius 3 is 2.57 bits per heavy atom. The number of carbonyl (C=O) groups is 1. The van der Waals surface area contributed by atoms with Gasteiger partial charge < -0.3 is 4.74 Å². The second kappa shape index (κ2) is 6.99. The molecular weight excluding hydrogens is 338 g/mol. The molecule has 0 aliphatic rings. The first-order valence-electron chi connectivity index (χ1n) is 6.16. The van der Waals surface area contributed by atoms with Gasteiger partial charge in [0, 0.05) is 26.4 Å². The van der Waals surface area contributed by atoms with Crippen molar-refractivity contribution in [1.29, 1.82) is 0 Å². The van der Waals surface area contributed by atoms with E-state index in [2.05, 4.69) is 15.9 Å². The third-order valence-corrected chi connectivity index (χ3v) is 3.52. The molecule has 0 aliphatic heterocycles. The summed E-state index contributed by atoms with van der Waals surface area (Å²) in [6.07, 6.45) is 0. The van der Waals surface area contributed by atoms with Crippen LogP contribution in [-0.2, 0) is 6.61 Å². The summed E-state index contributed by atoms with van der Waals surface area (Å²) in [5.74, 6) is -0.113. The standard InChI is InChI=1S/C15H12BrNO4/c16-15(17(19)20)14(18)12-7-4-8-13(9-12)21-10-11-5-2-1-3-6-11/h1-9,15H,10H2. The smallest absolute Gasteiger partial charge is 0.327 e. The largest absolute Gasteiger partial charge is 0.489 e. The van der Waals surface area contributed by atoms with Crippen molar-refractivity contribution in [3.05, 3.63) is 75.8 Å². The molecule has 0 N–H and O–H groups in total. The van der Waals surface area contributed by atoms with E-state index in [0.717, 1.165) is 5.56 Å². The van der Waals surface area contributed by atoms with Crippen molar-refractivity contribution >= 4 is 21.7 Å². The second-order valence-electron chi connectivity index (χ2n) is 4.29. The Kier molecular flexibility index (Phi) is 5.05. The highest BCUT2D eigenvalue weighted by molar-refractivity contribution is 9.09. The maximum absolute atomic E-state index is 11.9. The van der Waals surface area contributed by atoms with E-state index >= 15 is 0 Å².